The van der Waals surface area contributed by atoms with Gasteiger partial charge in [-0.2, -0.15) is 11.8 Å². The third-order valence-electron chi connectivity index (χ3n) is 3.41. The minimum atomic E-state index is 0.783. The fraction of sp³-hybridized carbons (Fsp3) is 0.462. The Bertz CT molecular complexity index is 517. The Kier molecular flexibility index (Phi) is 3.30. The molecule has 0 saturated carbocycles. The van der Waals surface area contributed by atoms with Crippen LogP contribution in [0.2, 0.25) is 5.02 Å². The summed E-state index contributed by atoms with van der Waals surface area (Å²) in [5.41, 5.74) is 1.02. The van der Waals surface area contributed by atoms with E-state index in [2.05, 4.69) is 27.3 Å². The second-order valence-electron chi connectivity index (χ2n) is 4.55. The maximum Gasteiger partial charge on any atom is 0.113 e. The number of hydrogen-bond donors (Lipinski definition) is 0. The molecule has 2 aromatic rings. The minimum absolute atomic E-state index is 0.783. The molecule has 1 fully saturated rings. The molecule has 0 spiro atoms. The van der Waals surface area contributed by atoms with Gasteiger partial charge < -0.3 is 4.40 Å². The number of hydrogen-bond acceptors (Lipinski definition) is 2. The maximum absolute atomic E-state index is 6.15. The predicted octanol–water partition coefficient (Wildman–Crippen LogP) is 3.67. The van der Waals surface area contributed by atoms with Crippen LogP contribution in [-0.4, -0.2) is 20.9 Å². The molecular weight excluding hydrogens is 252 g/mol. The number of fused-ring (bicyclic) bond motifs is 1. The van der Waals surface area contributed by atoms with Crippen LogP contribution in [0.25, 0.3) is 5.52 Å². The first-order valence-electron chi connectivity index (χ1n) is 6.03. The molecule has 2 aromatic heterocycles. The van der Waals surface area contributed by atoms with Crippen molar-refractivity contribution < 1.29 is 0 Å². The second-order valence-corrected chi connectivity index (χ2v) is 6.18. The van der Waals surface area contributed by atoms with E-state index in [1.807, 2.05) is 18.3 Å². The van der Waals surface area contributed by atoms with Gasteiger partial charge in [0.05, 0.1) is 16.7 Å². The quantitative estimate of drug-likeness (QED) is 0.825. The van der Waals surface area contributed by atoms with Gasteiger partial charge in [0.2, 0.25) is 0 Å². The number of rotatable bonds is 2. The van der Waals surface area contributed by atoms with Gasteiger partial charge in [0.15, 0.2) is 0 Å². The summed E-state index contributed by atoms with van der Waals surface area (Å²) in [5, 5.41) is 0.783. The molecule has 90 valence electrons. The monoisotopic (exact) mass is 266 g/mol. The molecule has 0 atom stereocenters. The van der Waals surface area contributed by atoms with Gasteiger partial charge in [-0.05, 0) is 42.4 Å². The highest BCUT2D eigenvalue weighted by Gasteiger charge is 2.16. The Balaban J connectivity index is 1.87. The van der Waals surface area contributed by atoms with E-state index in [4.69, 9.17) is 11.6 Å². The second kappa shape index (κ2) is 4.91. The van der Waals surface area contributed by atoms with E-state index in [9.17, 15) is 0 Å². The number of aromatic nitrogens is 2. The van der Waals surface area contributed by atoms with Crippen molar-refractivity contribution in [1.82, 2.24) is 9.38 Å². The van der Waals surface area contributed by atoms with Crippen LogP contribution in [0.1, 0.15) is 18.7 Å². The van der Waals surface area contributed by atoms with E-state index in [1.165, 1.54) is 24.3 Å². The van der Waals surface area contributed by atoms with E-state index >= 15 is 0 Å². The lowest BCUT2D eigenvalue weighted by Gasteiger charge is -2.20. The molecule has 4 heteroatoms. The van der Waals surface area contributed by atoms with Gasteiger partial charge in [-0.25, -0.2) is 4.98 Å². The molecule has 0 bridgehead atoms. The first-order chi connectivity index (χ1) is 8.34. The summed E-state index contributed by atoms with van der Waals surface area (Å²) in [5.74, 6) is 4.55. The zero-order valence-corrected chi connectivity index (χ0v) is 11.2. The average Bonchev–Trinajstić information content (AvgIpc) is 2.76. The van der Waals surface area contributed by atoms with E-state index in [-0.39, 0.29) is 0 Å². The Labute approximate surface area is 110 Å². The summed E-state index contributed by atoms with van der Waals surface area (Å²) in [6.07, 6.45) is 7.66. The van der Waals surface area contributed by atoms with E-state index in [0.717, 1.165) is 28.7 Å². The smallest absolute Gasteiger partial charge is 0.113 e. The van der Waals surface area contributed by atoms with Gasteiger partial charge in [0.25, 0.3) is 0 Å². The van der Waals surface area contributed by atoms with E-state index < -0.39 is 0 Å². The van der Waals surface area contributed by atoms with Gasteiger partial charge in [-0.15, -0.1) is 0 Å². The third kappa shape index (κ3) is 2.31. The number of halogens is 1. The molecule has 0 unspecified atom stereocenters. The maximum atomic E-state index is 6.15. The number of imidazole rings is 1. The summed E-state index contributed by atoms with van der Waals surface area (Å²) in [6, 6.07) is 3.90. The van der Waals surface area contributed by atoms with Gasteiger partial charge >= 0.3 is 0 Å². The van der Waals surface area contributed by atoms with Crippen LogP contribution in [0, 0.1) is 5.92 Å². The molecule has 0 amide bonds. The number of thioether (sulfide) groups is 1. The van der Waals surface area contributed by atoms with Gasteiger partial charge in [0.1, 0.15) is 5.82 Å². The molecule has 0 radical (unpaired) electrons. The number of nitrogens with zero attached hydrogens (tertiary/aromatic N) is 2. The van der Waals surface area contributed by atoms with Crippen molar-refractivity contribution in [2.75, 3.05) is 11.5 Å². The highest BCUT2D eigenvalue weighted by atomic mass is 35.5. The Morgan fingerprint density at radius 1 is 1.41 bits per heavy atom. The minimum Gasteiger partial charge on any atom is -0.302 e. The van der Waals surface area contributed by atoms with Crippen LogP contribution in [-0.2, 0) is 6.42 Å². The van der Waals surface area contributed by atoms with Crippen LogP contribution in [0.3, 0.4) is 0 Å². The summed E-state index contributed by atoms with van der Waals surface area (Å²) < 4.78 is 2.13. The lowest BCUT2D eigenvalue weighted by molar-refractivity contribution is 0.475. The highest BCUT2D eigenvalue weighted by Crippen LogP contribution is 2.26. The fourth-order valence-corrected chi connectivity index (χ4v) is 3.82. The number of pyridine rings is 1. The molecule has 17 heavy (non-hydrogen) atoms. The summed E-state index contributed by atoms with van der Waals surface area (Å²) >= 11 is 8.22. The topological polar surface area (TPSA) is 17.3 Å². The highest BCUT2D eigenvalue weighted by molar-refractivity contribution is 7.99. The Morgan fingerprint density at radius 2 is 2.24 bits per heavy atom. The van der Waals surface area contributed by atoms with Crippen molar-refractivity contribution in [3.63, 3.8) is 0 Å². The van der Waals surface area contributed by atoms with Crippen LogP contribution < -0.4 is 0 Å². The normalized spacial score (nSPS) is 17.7. The molecule has 3 rings (SSSR count). The zero-order chi connectivity index (χ0) is 11.7. The predicted molar refractivity (Wildman–Crippen MR) is 74.0 cm³/mol. The Hall–Kier alpha value is -0.670. The van der Waals surface area contributed by atoms with E-state index in [0.29, 0.717) is 0 Å². The molecular formula is C13H15ClN2S. The molecule has 1 aliphatic rings. The fourth-order valence-electron chi connectivity index (χ4n) is 2.40. The van der Waals surface area contributed by atoms with Gasteiger partial charge in [-0.1, -0.05) is 11.6 Å². The van der Waals surface area contributed by atoms with Crippen molar-refractivity contribution in [3.8, 4) is 0 Å². The van der Waals surface area contributed by atoms with Crippen molar-refractivity contribution >= 4 is 28.9 Å². The lowest BCUT2D eigenvalue weighted by atomic mass is 9.98. The van der Waals surface area contributed by atoms with Crippen molar-refractivity contribution in [1.29, 1.82) is 0 Å². The van der Waals surface area contributed by atoms with Gasteiger partial charge in [0, 0.05) is 12.6 Å². The summed E-state index contributed by atoms with van der Waals surface area (Å²) in [7, 11) is 0. The van der Waals surface area contributed by atoms with E-state index in [1.54, 1.807) is 0 Å². The summed E-state index contributed by atoms with van der Waals surface area (Å²) in [4.78, 5) is 4.52. The van der Waals surface area contributed by atoms with Crippen molar-refractivity contribution in [2.24, 2.45) is 5.92 Å². The molecule has 0 N–H and O–H groups in total. The molecule has 1 aliphatic heterocycles. The van der Waals surface area contributed by atoms with Crippen LogP contribution in [0.15, 0.2) is 24.5 Å². The average molecular weight is 267 g/mol. The molecule has 1 saturated heterocycles. The lowest BCUT2D eigenvalue weighted by Crippen LogP contribution is -2.13. The SMILES string of the molecule is Clc1cccn2c(CC3CCSCC3)ncc12. The van der Waals surface area contributed by atoms with Gasteiger partial charge in [-0.3, -0.25) is 0 Å². The van der Waals surface area contributed by atoms with Crippen molar-refractivity contribution in [2.45, 2.75) is 19.3 Å². The van der Waals surface area contributed by atoms with Crippen LogP contribution >= 0.6 is 23.4 Å². The standard InChI is InChI=1S/C13H15ClN2S/c14-11-2-1-5-16-12(11)9-15-13(16)8-10-3-6-17-7-4-10/h1-2,5,9-10H,3-4,6-8H2. The molecule has 3 heterocycles. The van der Waals surface area contributed by atoms with Crippen LogP contribution in [0.5, 0.6) is 0 Å². The third-order valence-corrected chi connectivity index (χ3v) is 4.78. The largest absolute Gasteiger partial charge is 0.302 e. The molecule has 2 nitrogen and oxygen atoms in total. The molecule has 0 aromatic carbocycles. The first-order valence-corrected chi connectivity index (χ1v) is 7.56. The van der Waals surface area contributed by atoms with Crippen LogP contribution in [0.4, 0.5) is 0 Å². The Morgan fingerprint density at radius 3 is 3.06 bits per heavy atom. The molecule has 0 aliphatic carbocycles. The first kappa shape index (κ1) is 11.4. The zero-order valence-electron chi connectivity index (χ0n) is 9.60. The summed E-state index contributed by atoms with van der Waals surface area (Å²) in [6.45, 7) is 0. The van der Waals surface area contributed by atoms with Crippen molar-refractivity contribution in [3.05, 3.63) is 35.4 Å².